The largest absolute Gasteiger partial charge is 0.508 e. The predicted molar refractivity (Wildman–Crippen MR) is 107 cm³/mol. The van der Waals surface area contributed by atoms with Crippen LogP contribution in [0, 0.1) is 0 Å². The summed E-state index contributed by atoms with van der Waals surface area (Å²) in [6.45, 7) is 3.97. The van der Waals surface area contributed by atoms with Gasteiger partial charge in [-0.1, -0.05) is 20.3 Å². The first-order valence-electron chi connectivity index (χ1n) is 9.09. The van der Waals surface area contributed by atoms with Crippen molar-refractivity contribution in [2.24, 2.45) is 5.10 Å². The topological polar surface area (TPSA) is 90.8 Å². The first-order valence-corrected chi connectivity index (χ1v) is 9.09. The fourth-order valence-corrected chi connectivity index (χ4v) is 2.45. The Balaban J connectivity index is 1.98. The van der Waals surface area contributed by atoms with Gasteiger partial charge in [0.25, 0.3) is 5.91 Å². The summed E-state index contributed by atoms with van der Waals surface area (Å²) >= 11 is 0. The zero-order valence-electron chi connectivity index (χ0n) is 15.7. The van der Waals surface area contributed by atoms with Crippen molar-refractivity contribution in [3.8, 4) is 5.75 Å². The molecule has 2 amide bonds. The highest BCUT2D eigenvalue weighted by Crippen LogP contribution is 2.13. The molecule has 0 heterocycles. The molecule has 0 radical (unpaired) electrons. The van der Waals surface area contributed by atoms with E-state index in [9.17, 15) is 14.7 Å². The molecule has 0 aliphatic rings. The van der Waals surface area contributed by atoms with Crippen LogP contribution in [-0.4, -0.2) is 22.6 Å². The summed E-state index contributed by atoms with van der Waals surface area (Å²) in [5, 5.41) is 16.4. The average molecular weight is 367 g/mol. The lowest BCUT2D eigenvalue weighted by Gasteiger charge is -2.07. The van der Waals surface area contributed by atoms with E-state index in [1.807, 2.05) is 13.8 Å². The first kappa shape index (κ1) is 20.2. The van der Waals surface area contributed by atoms with Crippen molar-refractivity contribution in [1.29, 1.82) is 0 Å². The number of benzene rings is 2. The van der Waals surface area contributed by atoms with Crippen LogP contribution in [0.3, 0.4) is 0 Å². The van der Waals surface area contributed by atoms with Crippen LogP contribution in [0.1, 0.15) is 55.5 Å². The van der Waals surface area contributed by atoms with E-state index in [0.29, 0.717) is 29.8 Å². The third-order valence-corrected chi connectivity index (χ3v) is 4.02. The van der Waals surface area contributed by atoms with E-state index in [1.54, 1.807) is 48.5 Å². The molecular weight excluding hydrogens is 342 g/mol. The van der Waals surface area contributed by atoms with Gasteiger partial charge >= 0.3 is 0 Å². The summed E-state index contributed by atoms with van der Waals surface area (Å²) < 4.78 is 0. The Morgan fingerprint density at radius 2 is 1.59 bits per heavy atom. The number of rotatable bonds is 8. The van der Waals surface area contributed by atoms with Crippen molar-refractivity contribution < 1.29 is 14.7 Å². The molecule has 0 aliphatic heterocycles. The molecule has 2 rings (SSSR count). The number of carbonyl (C=O) groups is 2. The molecule has 0 aliphatic carbocycles. The molecular formula is C21H25N3O3. The number of nitrogens with zero attached hydrogens (tertiary/aromatic N) is 1. The lowest BCUT2D eigenvalue weighted by atomic mass is 10.1. The fourth-order valence-electron chi connectivity index (χ4n) is 2.45. The molecule has 27 heavy (non-hydrogen) atoms. The van der Waals surface area contributed by atoms with E-state index in [2.05, 4.69) is 15.8 Å². The standard InChI is InChI=1S/C21H25N3O3/c1-3-5-6-20(26)22-17-11-7-16(8-12-17)21(27)24-23-19(4-2)15-9-13-18(25)14-10-15/h7-14,25H,3-6H2,1-2H3,(H,22,26)(H,24,27). The van der Waals surface area contributed by atoms with Gasteiger partial charge in [0.05, 0.1) is 5.71 Å². The molecule has 0 bridgehead atoms. The number of unbranched alkanes of at least 4 members (excludes halogenated alkanes) is 1. The van der Waals surface area contributed by atoms with Gasteiger partial charge in [0.15, 0.2) is 0 Å². The minimum absolute atomic E-state index is 0.0277. The van der Waals surface area contributed by atoms with Gasteiger partial charge in [-0.25, -0.2) is 5.43 Å². The van der Waals surface area contributed by atoms with E-state index in [0.717, 1.165) is 18.4 Å². The zero-order valence-corrected chi connectivity index (χ0v) is 15.7. The summed E-state index contributed by atoms with van der Waals surface area (Å²) in [6.07, 6.45) is 2.94. The second-order valence-corrected chi connectivity index (χ2v) is 6.13. The van der Waals surface area contributed by atoms with E-state index < -0.39 is 0 Å². The van der Waals surface area contributed by atoms with E-state index in [4.69, 9.17) is 0 Å². The molecule has 0 spiro atoms. The minimum Gasteiger partial charge on any atom is -0.508 e. The Morgan fingerprint density at radius 1 is 0.963 bits per heavy atom. The summed E-state index contributed by atoms with van der Waals surface area (Å²) in [4.78, 5) is 24.0. The quantitative estimate of drug-likeness (QED) is 0.485. The molecule has 0 atom stereocenters. The first-order chi connectivity index (χ1) is 13.0. The van der Waals surface area contributed by atoms with Gasteiger partial charge in [-0.3, -0.25) is 9.59 Å². The summed E-state index contributed by atoms with van der Waals surface area (Å²) in [5.74, 6) is -0.177. The van der Waals surface area contributed by atoms with Crippen LogP contribution in [-0.2, 0) is 4.79 Å². The zero-order chi connectivity index (χ0) is 19.6. The fraction of sp³-hybridized carbons (Fsp3) is 0.286. The van der Waals surface area contributed by atoms with Crippen molar-refractivity contribution in [3.05, 3.63) is 59.7 Å². The molecule has 0 unspecified atom stereocenters. The van der Waals surface area contributed by atoms with Crippen molar-refractivity contribution in [3.63, 3.8) is 0 Å². The lowest BCUT2D eigenvalue weighted by molar-refractivity contribution is -0.116. The molecule has 0 saturated carbocycles. The Kier molecular flexibility index (Phi) is 7.55. The maximum atomic E-state index is 12.3. The summed E-state index contributed by atoms with van der Waals surface area (Å²) in [7, 11) is 0. The number of hydrogen-bond donors (Lipinski definition) is 3. The summed E-state index contributed by atoms with van der Waals surface area (Å²) in [6, 6.07) is 13.3. The Morgan fingerprint density at radius 3 is 2.19 bits per heavy atom. The number of hydrogen-bond acceptors (Lipinski definition) is 4. The van der Waals surface area contributed by atoms with Gasteiger partial charge in [-0.15, -0.1) is 0 Å². The second-order valence-electron chi connectivity index (χ2n) is 6.13. The highest BCUT2D eigenvalue weighted by atomic mass is 16.3. The van der Waals surface area contributed by atoms with Crippen molar-refractivity contribution in [2.45, 2.75) is 39.5 Å². The van der Waals surface area contributed by atoms with Crippen molar-refractivity contribution in [2.75, 3.05) is 5.32 Å². The third-order valence-electron chi connectivity index (χ3n) is 4.02. The van der Waals surface area contributed by atoms with Gasteiger partial charge in [-0.2, -0.15) is 5.10 Å². The van der Waals surface area contributed by atoms with Crippen LogP contribution < -0.4 is 10.7 Å². The molecule has 2 aromatic carbocycles. The number of aromatic hydroxyl groups is 1. The molecule has 0 saturated heterocycles. The van der Waals surface area contributed by atoms with Crippen LogP contribution in [0.15, 0.2) is 53.6 Å². The molecule has 3 N–H and O–H groups in total. The smallest absolute Gasteiger partial charge is 0.271 e. The molecule has 6 nitrogen and oxygen atoms in total. The summed E-state index contributed by atoms with van der Waals surface area (Å²) in [5.41, 5.74) is 5.21. The van der Waals surface area contributed by atoms with Crippen LogP contribution >= 0.6 is 0 Å². The number of phenolic OH excluding ortho intramolecular Hbond substituents is 1. The van der Waals surface area contributed by atoms with E-state index >= 15 is 0 Å². The molecule has 0 fully saturated rings. The molecule has 0 aromatic heterocycles. The van der Waals surface area contributed by atoms with Gasteiger partial charge < -0.3 is 10.4 Å². The average Bonchev–Trinajstić information content (AvgIpc) is 2.68. The SMILES string of the molecule is CCCCC(=O)Nc1ccc(C(=O)NN=C(CC)c2ccc(O)cc2)cc1. The van der Waals surface area contributed by atoms with Crippen molar-refractivity contribution in [1.82, 2.24) is 5.43 Å². The van der Waals surface area contributed by atoms with Crippen LogP contribution in [0.5, 0.6) is 5.75 Å². The van der Waals surface area contributed by atoms with Gasteiger partial charge in [0.1, 0.15) is 5.75 Å². The van der Waals surface area contributed by atoms with Crippen LogP contribution in [0.4, 0.5) is 5.69 Å². The van der Waals surface area contributed by atoms with Crippen molar-refractivity contribution >= 4 is 23.2 Å². The second kappa shape index (κ2) is 10.1. The molecule has 2 aromatic rings. The minimum atomic E-state index is -0.330. The highest BCUT2D eigenvalue weighted by Gasteiger charge is 2.08. The van der Waals surface area contributed by atoms with Gasteiger partial charge in [0.2, 0.25) is 5.91 Å². The Hall–Kier alpha value is -3.15. The Labute approximate surface area is 159 Å². The predicted octanol–water partition coefficient (Wildman–Crippen LogP) is 4.07. The Bertz CT molecular complexity index is 796. The number of amides is 2. The number of nitrogens with one attached hydrogen (secondary N) is 2. The third kappa shape index (κ3) is 6.26. The number of phenols is 1. The number of anilines is 1. The monoisotopic (exact) mass is 367 g/mol. The lowest BCUT2D eigenvalue weighted by Crippen LogP contribution is -2.20. The highest BCUT2D eigenvalue weighted by molar-refractivity contribution is 6.02. The van der Waals surface area contributed by atoms with E-state index in [1.165, 1.54) is 0 Å². The van der Waals surface area contributed by atoms with E-state index in [-0.39, 0.29) is 17.6 Å². The van der Waals surface area contributed by atoms with Crippen LogP contribution in [0.2, 0.25) is 0 Å². The normalized spacial score (nSPS) is 11.1. The van der Waals surface area contributed by atoms with Gasteiger partial charge in [0, 0.05) is 17.7 Å². The molecule has 142 valence electrons. The molecule has 6 heteroatoms. The maximum absolute atomic E-state index is 12.3. The van der Waals surface area contributed by atoms with Crippen LogP contribution in [0.25, 0.3) is 0 Å². The maximum Gasteiger partial charge on any atom is 0.271 e. The number of carbonyl (C=O) groups excluding carboxylic acids is 2. The number of hydrazone groups is 1. The van der Waals surface area contributed by atoms with Gasteiger partial charge in [-0.05, 0) is 66.9 Å².